The van der Waals surface area contributed by atoms with Gasteiger partial charge in [0.1, 0.15) is 6.29 Å². The third-order valence-corrected chi connectivity index (χ3v) is 6.33. The van der Waals surface area contributed by atoms with Gasteiger partial charge in [0.2, 0.25) is 0 Å². The molecule has 144 valence electrons. The van der Waals surface area contributed by atoms with Crippen molar-refractivity contribution in [3.05, 3.63) is 35.0 Å². The predicted octanol–water partition coefficient (Wildman–Crippen LogP) is 2.74. The molecule has 6 nitrogen and oxygen atoms in total. The second-order valence-electron chi connectivity index (χ2n) is 7.84. The summed E-state index contributed by atoms with van der Waals surface area (Å²) >= 11 is 0. The molecule has 2 amide bonds. The van der Waals surface area contributed by atoms with Crippen LogP contribution >= 0.6 is 0 Å². The number of fused-ring (bicyclic) bond motifs is 2. The van der Waals surface area contributed by atoms with E-state index in [0.29, 0.717) is 30.6 Å². The van der Waals surface area contributed by atoms with Gasteiger partial charge in [0, 0.05) is 60.3 Å². The number of hydrogen-bond donors (Lipinski definition) is 2. The Kier molecular flexibility index (Phi) is 4.68. The van der Waals surface area contributed by atoms with Gasteiger partial charge in [-0.05, 0) is 57.0 Å². The molecule has 0 saturated carbocycles. The summed E-state index contributed by atoms with van der Waals surface area (Å²) in [5.41, 5.74) is 4.33. The van der Waals surface area contributed by atoms with Crippen molar-refractivity contribution in [1.82, 2.24) is 20.1 Å². The first kappa shape index (κ1) is 18.0. The second-order valence-corrected chi connectivity index (χ2v) is 7.84. The maximum Gasteiger partial charge on any atom is 0.317 e. The van der Waals surface area contributed by atoms with E-state index >= 15 is 0 Å². The fraction of sp³-hybridized carbons (Fsp3) is 0.524. The lowest BCUT2D eigenvalue weighted by Gasteiger charge is -2.46. The average Bonchev–Trinajstić information content (AvgIpc) is 3.07. The Bertz CT molecular complexity index is 870. The fourth-order valence-corrected chi connectivity index (χ4v) is 4.99. The Morgan fingerprint density at radius 3 is 2.85 bits per heavy atom. The number of benzene rings is 1. The van der Waals surface area contributed by atoms with Gasteiger partial charge in [0.05, 0.1) is 0 Å². The van der Waals surface area contributed by atoms with Crippen LogP contribution in [0.3, 0.4) is 0 Å². The molecule has 0 spiro atoms. The van der Waals surface area contributed by atoms with E-state index in [-0.39, 0.29) is 12.1 Å². The fourth-order valence-electron chi connectivity index (χ4n) is 4.99. The van der Waals surface area contributed by atoms with E-state index in [1.54, 1.807) is 0 Å². The monoisotopic (exact) mass is 368 g/mol. The lowest BCUT2D eigenvalue weighted by molar-refractivity contribution is 0.112. The Balaban J connectivity index is 1.65. The molecule has 0 unspecified atom stereocenters. The molecule has 4 rings (SSSR count). The minimum Gasteiger partial charge on any atom is -0.361 e. The van der Waals surface area contributed by atoms with E-state index in [1.165, 1.54) is 16.5 Å². The van der Waals surface area contributed by atoms with Gasteiger partial charge in [-0.15, -0.1) is 0 Å². The van der Waals surface area contributed by atoms with E-state index in [1.807, 2.05) is 30.9 Å². The maximum atomic E-state index is 12.5. The summed E-state index contributed by atoms with van der Waals surface area (Å²) in [5, 5.41) is 4.50. The molecule has 2 N–H and O–H groups in total. The summed E-state index contributed by atoms with van der Waals surface area (Å²) in [5.74, 6) is 0.316. The number of H-pyrrole nitrogens is 1. The molecule has 2 aromatic rings. The van der Waals surface area contributed by atoms with E-state index in [2.05, 4.69) is 28.4 Å². The number of carbonyl (C=O) groups is 2. The number of amides is 2. The van der Waals surface area contributed by atoms with Crippen molar-refractivity contribution in [2.45, 2.75) is 44.7 Å². The van der Waals surface area contributed by atoms with E-state index in [0.717, 1.165) is 31.2 Å². The van der Waals surface area contributed by atoms with Gasteiger partial charge in [-0.2, -0.15) is 0 Å². The highest BCUT2D eigenvalue weighted by Gasteiger charge is 2.40. The lowest BCUT2D eigenvalue weighted by Crippen LogP contribution is -2.56. The largest absolute Gasteiger partial charge is 0.361 e. The van der Waals surface area contributed by atoms with Crippen LogP contribution in [-0.2, 0) is 6.42 Å². The maximum absolute atomic E-state index is 12.5. The van der Waals surface area contributed by atoms with Crippen molar-refractivity contribution in [2.24, 2.45) is 0 Å². The Morgan fingerprint density at radius 2 is 2.15 bits per heavy atom. The van der Waals surface area contributed by atoms with Crippen LogP contribution in [0.1, 0.15) is 47.7 Å². The van der Waals surface area contributed by atoms with Crippen LogP contribution in [0.25, 0.3) is 10.9 Å². The molecule has 0 radical (unpaired) electrons. The number of likely N-dealkylation sites (N-methyl/N-ethyl adjacent to an activating group) is 1. The molecule has 0 bridgehead atoms. The number of carbonyl (C=O) groups excluding carboxylic acids is 2. The summed E-state index contributed by atoms with van der Waals surface area (Å²) in [6, 6.07) is 4.51. The molecule has 3 atom stereocenters. The molecular weight excluding hydrogens is 340 g/mol. The third-order valence-electron chi connectivity index (χ3n) is 6.33. The quantitative estimate of drug-likeness (QED) is 0.816. The first-order valence-electron chi connectivity index (χ1n) is 9.90. The smallest absolute Gasteiger partial charge is 0.317 e. The number of nitrogens with one attached hydrogen (secondary N) is 2. The van der Waals surface area contributed by atoms with Crippen molar-refractivity contribution >= 4 is 23.2 Å². The van der Waals surface area contributed by atoms with Crippen LogP contribution in [0.4, 0.5) is 4.79 Å². The topological polar surface area (TPSA) is 68.4 Å². The molecule has 1 aliphatic heterocycles. The molecule has 27 heavy (non-hydrogen) atoms. The van der Waals surface area contributed by atoms with Crippen molar-refractivity contribution in [3.8, 4) is 0 Å². The molecule has 1 saturated heterocycles. The minimum atomic E-state index is 0.0155. The van der Waals surface area contributed by atoms with Crippen LogP contribution in [0, 0.1) is 0 Å². The molecule has 6 heteroatoms. The molecule has 1 fully saturated rings. The number of rotatable bonds is 4. The van der Waals surface area contributed by atoms with Gasteiger partial charge < -0.3 is 20.1 Å². The van der Waals surface area contributed by atoms with E-state index in [9.17, 15) is 9.59 Å². The van der Waals surface area contributed by atoms with Crippen LogP contribution < -0.4 is 5.32 Å². The van der Waals surface area contributed by atoms with Gasteiger partial charge in [-0.25, -0.2) is 4.79 Å². The van der Waals surface area contributed by atoms with Gasteiger partial charge in [0.15, 0.2) is 0 Å². The SMILES string of the molecule is CCN(CC)C(=O)N[C@H]1C[C@@H]2c3cc(C=O)cc4[nH]cc(c34)C[C@H]2N(C)C1. The van der Waals surface area contributed by atoms with E-state index < -0.39 is 0 Å². The Labute approximate surface area is 159 Å². The molecule has 2 heterocycles. The normalized spacial score (nSPS) is 24.5. The summed E-state index contributed by atoms with van der Waals surface area (Å²) < 4.78 is 0. The molecular formula is C21H28N4O2. The highest BCUT2D eigenvalue weighted by atomic mass is 16.2. The van der Waals surface area contributed by atoms with Gasteiger partial charge in [0.25, 0.3) is 0 Å². The number of aromatic amines is 1. The van der Waals surface area contributed by atoms with E-state index in [4.69, 9.17) is 0 Å². The zero-order valence-electron chi connectivity index (χ0n) is 16.3. The zero-order chi connectivity index (χ0) is 19.1. The predicted molar refractivity (Wildman–Crippen MR) is 106 cm³/mol. The number of likely N-dealkylation sites (tertiary alicyclic amines) is 1. The average molecular weight is 368 g/mol. The van der Waals surface area contributed by atoms with Crippen molar-refractivity contribution < 1.29 is 9.59 Å². The number of aromatic nitrogens is 1. The number of aldehydes is 1. The number of nitrogens with zero attached hydrogens (tertiary/aromatic N) is 2. The lowest BCUT2D eigenvalue weighted by atomic mass is 9.73. The minimum absolute atomic E-state index is 0.0155. The first-order chi connectivity index (χ1) is 13.0. The van der Waals surface area contributed by atoms with Gasteiger partial charge in [-0.3, -0.25) is 4.79 Å². The summed E-state index contributed by atoms with van der Waals surface area (Å²) in [6.07, 6.45) is 4.92. The molecule has 1 aromatic heterocycles. The van der Waals surface area contributed by atoms with Crippen molar-refractivity contribution in [3.63, 3.8) is 0 Å². The Morgan fingerprint density at radius 1 is 1.37 bits per heavy atom. The van der Waals surface area contributed by atoms with Gasteiger partial charge in [-0.1, -0.05) is 0 Å². The van der Waals surface area contributed by atoms with Crippen LogP contribution in [0.15, 0.2) is 18.3 Å². The van der Waals surface area contributed by atoms with Crippen molar-refractivity contribution in [1.29, 1.82) is 0 Å². The van der Waals surface area contributed by atoms with Crippen LogP contribution in [0.2, 0.25) is 0 Å². The van der Waals surface area contributed by atoms with Gasteiger partial charge >= 0.3 is 6.03 Å². The molecule has 2 aliphatic rings. The first-order valence-corrected chi connectivity index (χ1v) is 9.90. The standard InChI is InChI=1S/C21H28N4O2/c1-4-25(5-2)21(27)23-15-9-16-17-6-13(12-26)7-18-20(17)14(10-22-18)8-19(16)24(3)11-15/h6-7,10,12,15-16,19,22H,4-5,8-9,11H2,1-3H3,(H,23,27)/t15-,16+,19+/m0/s1. The number of urea groups is 1. The third kappa shape index (κ3) is 3.02. The molecule has 1 aromatic carbocycles. The van der Waals surface area contributed by atoms with Crippen molar-refractivity contribution in [2.75, 3.05) is 26.7 Å². The number of piperidine rings is 1. The summed E-state index contributed by atoms with van der Waals surface area (Å²) in [7, 11) is 2.14. The molecule has 1 aliphatic carbocycles. The van der Waals surface area contributed by atoms with Crippen LogP contribution in [-0.4, -0.2) is 65.9 Å². The highest BCUT2D eigenvalue weighted by molar-refractivity contribution is 5.93. The zero-order valence-corrected chi connectivity index (χ0v) is 16.3. The highest BCUT2D eigenvalue weighted by Crippen LogP contribution is 2.43. The summed E-state index contributed by atoms with van der Waals surface area (Å²) in [6.45, 7) is 6.28. The summed E-state index contributed by atoms with van der Waals surface area (Å²) in [4.78, 5) is 31.5. The number of hydrogen-bond acceptors (Lipinski definition) is 3. The second kappa shape index (κ2) is 7.00. The Hall–Kier alpha value is -2.34. The van der Waals surface area contributed by atoms with Crippen LogP contribution in [0.5, 0.6) is 0 Å².